The average Bonchev–Trinajstić information content (AvgIpc) is 2.80. The van der Waals surface area contributed by atoms with Crippen molar-refractivity contribution in [3.05, 3.63) is 34.6 Å². The molecule has 2 rings (SSSR count). The molecule has 1 saturated heterocycles. The van der Waals surface area contributed by atoms with Crippen molar-refractivity contribution in [3.8, 4) is 0 Å². The summed E-state index contributed by atoms with van der Waals surface area (Å²) in [6.45, 7) is 3.54. The van der Waals surface area contributed by atoms with E-state index in [-0.39, 0.29) is 11.5 Å². The van der Waals surface area contributed by atoms with Gasteiger partial charge in [0.15, 0.2) is 0 Å². The molecule has 92 valence electrons. The molecule has 1 aliphatic rings. The molecule has 1 atom stereocenters. The molecule has 1 unspecified atom stereocenters. The van der Waals surface area contributed by atoms with E-state index >= 15 is 0 Å². The predicted octanol–water partition coefficient (Wildman–Crippen LogP) is 3.35. The number of rotatable bonds is 2. The highest BCUT2D eigenvalue weighted by atomic mass is 35.5. The van der Waals surface area contributed by atoms with Gasteiger partial charge < -0.3 is 4.90 Å². The van der Waals surface area contributed by atoms with Crippen LogP contribution in [0.2, 0.25) is 5.02 Å². The van der Waals surface area contributed by atoms with Crippen molar-refractivity contribution in [2.45, 2.75) is 19.8 Å². The lowest BCUT2D eigenvalue weighted by atomic mass is 10.1. The highest BCUT2D eigenvalue weighted by molar-refractivity contribution is 6.31. The van der Waals surface area contributed by atoms with Crippen molar-refractivity contribution >= 4 is 17.5 Å². The molecule has 0 saturated carbocycles. The molecule has 0 aliphatic carbocycles. The number of carbonyl (C=O) groups excluding carboxylic acids is 1. The van der Waals surface area contributed by atoms with Gasteiger partial charge in [-0.2, -0.15) is 0 Å². The molecule has 0 spiro atoms. The van der Waals surface area contributed by atoms with Crippen LogP contribution in [-0.2, 0) is 0 Å². The van der Waals surface area contributed by atoms with Gasteiger partial charge in [0.25, 0.3) is 5.91 Å². The van der Waals surface area contributed by atoms with Gasteiger partial charge in [0.1, 0.15) is 5.82 Å². The summed E-state index contributed by atoms with van der Waals surface area (Å²) in [6, 6.07) is 4.09. The van der Waals surface area contributed by atoms with Gasteiger partial charge in [0, 0.05) is 18.1 Å². The molecule has 1 aromatic carbocycles. The third-order valence-electron chi connectivity index (χ3n) is 3.31. The first-order chi connectivity index (χ1) is 8.11. The summed E-state index contributed by atoms with van der Waals surface area (Å²) in [5.74, 6) is -0.207. The van der Waals surface area contributed by atoms with Crippen LogP contribution in [0.25, 0.3) is 0 Å². The van der Waals surface area contributed by atoms with Crippen LogP contribution in [0.1, 0.15) is 30.1 Å². The topological polar surface area (TPSA) is 20.3 Å². The number of likely N-dealkylation sites (tertiary alicyclic amines) is 1. The second kappa shape index (κ2) is 5.05. The maximum atomic E-state index is 13.5. The molecule has 1 amide bonds. The highest BCUT2D eigenvalue weighted by Gasteiger charge is 2.27. The fourth-order valence-electron chi connectivity index (χ4n) is 2.18. The Morgan fingerprint density at radius 1 is 1.59 bits per heavy atom. The predicted molar refractivity (Wildman–Crippen MR) is 65.7 cm³/mol. The Labute approximate surface area is 105 Å². The first-order valence-corrected chi connectivity index (χ1v) is 6.24. The number of hydrogen-bond donors (Lipinski definition) is 0. The number of amides is 1. The van der Waals surface area contributed by atoms with Gasteiger partial charge in [0.05, 0.1) is 5.56 Å². The Hall–Kier alpha value is -1.09. The summed E-state index contributed by atoms with van der Waals surface area (Å²) in [7, 11) is 0. The van der Waals surface area contributed by atoms with E-state index in [0.29, 0.717) is 17.5 Å². The Morgan fingerprint density at radius 2 is 2.35 bits per heavy atom. The van der Waals surface area contributed by atoms with Gasteiger partial charge in [-0.3, -0.25) is 4.79 Å². The molecule has 2 nitrogen and oxygen atoms in total. The van der Waals surface area contributed by atoms with E-state index in [9.17, 15) is 9.18 Å². The van der Waals surface area contributed by atoms with Crippen molar-refractivity contribution < 1.29 is 9.18 Å². The van der Waals surface area contributed by atoms with E-state index in [1.165, 1.54) is 18.2 Å². The number of benzene rings is 1. The molecular weight excluding hydrogens is 241 g/mol. The number of carbonyl (C=O) groups is 1. The molecule has 1 aliphatic heterocycles. The molecule has 0 N–H and O–H groups in total. The van der Waals surface area contributed by atoms with Gasteiger partial charge in [-0.25, -0.2) is 4.39 Å². The lowest BCUT2D eigenvalue weighted by Gasteiger charge is -2.16. The van der Waals surface area contributed by atoms with Gasteiger partial charge >= 0.3 is 0 Å². The van der Waals surface area contributed by atoms with E-state index in [4.69, 9.17) is 11.6 Å². The van der Waals surface area contributed by atoms with Crippen molar-refractivity contribution in [3.63, 3.8) is 0 Å². The molecule has 1 heterocycles. The minimum absolute atomic E-state index is 0.0780. The number of halogens is 2. The van der Waals surface area contributed by atoms with Crippen LogP contribution in [0.4, 0.5) is 4.39 Å². The summed E-state index contributed by atoms with van der Waals surface area (Å²) in [5.41, 5.74) is 0.0780. The zero-order valence-corrected chi connectivity index (χ0v) is 10.5. The second-order valence-corrected chi connectivity index (χ2v) is 4.87. The summed E-state index contributed by atoms with van der Waals surface area (Å²) in [5, 5.41) is 0.390. The molecule has 1 fully saturated rings. The highest BCUT2D eigenvalue weighted by Crippen LogP contribution is 2.23. The number of nitrogens with zero attached hydrogens (tertiary/aromatic N) is 1. The molecule has 0 aromatic heterocycles. The standard InChI is InChI=1S/C13H15ClFNO/c1-2-9-5-6-16(8-9)13(17)11-7-10(14)3-4-12(11)15/h3-4,7,9H,2,5-6,8H2,1H3. The zero-order valence-electron chi connectivity index (χ0n) is 9.75. The van der Waals surface area contributed by atoms with E-state index < -0.39 is 5.82 Å². The maximum absolute atomic E-state index is 13.5. The van der Waals surface area contributed by atoms with E-state index in [1.54, 1.807) is 4.90 Å². The second-order valence-electron chi connectivity index (χ2n) is 4.44. The zero-order chi connectivity index (χ0) is 12.4. The normalized spacial score (nSPS) is 19.7. The molecule has 1 aromatic rings. The van der Waals surface area contributed by atoms with Crippen molar-refractivity contribution in [2.24, 2.45) is 5.92 Å². The van der Waals surface area contributed by atoms with Crippen LogP contribution >= 0.6 is 11.6 Å². The molecule has 4 heteroatoms. The first-order valence-electron chi connectivity index (χ1n) is 5.86. The average molecular weight is 256 g/mol. The van der Waals surface area contributed by atoms with Gasteiger partial charge in [-0.05, 0) is 30.5 Å². The van der Waals surface area contributed by atoms with Crippen LogP contribution in [0.3, 0.4) is 0 Å². The quantitative estimate of drug-likeness (QED) is 0.794. The fraction of sp³-hybridized carbons (Fsp3) is 0.462. The summed E-state index contributed by atoms with van der Waals surface area (Å²) in [4.78, 5) is 13.8. The smallest absolute Gasteiger partial charge is 0.256 e. The minimum atomic E-state index is -0.501. The van der Waals surface area contributed by atoms with Gasteiger partial charge in [-0.1, -0.05) is 24.9 Å². The SMILES string of the molecule is CCC1CCN(C(=O)c2cc(Cl)ccc2F)C1. The van der Waals surface area contributed by atoms with E-state index in [2.05, 4.69) is 6.92 Å². The van der Waals surface area contributed by atoms with Gasteiger partial charge in [0.2, 0.25) is 0 Å². The summed E-state index contributed by atoms with van der Waals surface area (Å²) >= 11 is 5.79. The third-order valence-corrected chi connectivity index (χ3v) is 3.54. The summed E-state index contributed by atoms with van der Waals surface area (Å²) < 4.78 is 13.5. The van der Waals surface area contributed by atoms with Crippen LogP contribution in [0.5, 0.6) is 0 Å². The van der Waals surface area contributed by atoms with Crippen molar-refractivity contribution in [1.29, 1.82) is 0 Å². The summed E-state index contributed by atoms with van der Waals surface area (Å²) in [6.07, 6.45) is 2.06. The lowest BCUT2D eigenvalue weighted by molar-refractivity contribution is 0.0782. The molecule has 0 bridgehead atoms. The molecular formula is C13H15ClFNO. The van der Waals surface area contributed by atoms with Gasteiger partial charge in [-0.15, -0.1) is 0 Å². The Bertz CT molecular complexity index is 435. The Balaban J connectivity index is 2.17. The van der Waals surface area contributed by atoms with Crippen LogP contribution in [0, 0.1) is 11.7 Å². The van der Waals surface area contributed by atoms with Crippen molar-refractivity contribution in [1.82, 2.24) is 4.90 Å². The molecule has 17 heavy (non-hydrogen) atoms. The first kappa shape index (κ1) is 12.4. The third kappa shape index (κ3) is 2.60. The number of hydrogen-bond acceptors (Lipinski definition) is 1. The van der Waals surface area contributed by atoms with E-state index in [0.717, 1.165) is 19.4 Å². The van der Waals surface area contributed by atoms with Crippen LogP contribution in [-0.4, -0.2) is 23.9 Å². The Morgan fingerprint density at radius 3 is 3.00 bits per heavy atom. The fourth-order valence-corrected chi connectivity index (χ4v) is 2.35. The Kier molecular flexibility index (Phi) is 3.67. The largest absolute Gasteiger partial charge is 0.338 e. The minimum Gasteiger partial charge on any atom is -0.338 e. The van der Waals surface area contributed by atoms with E-state index in [1.807, 2.05) is 0 Å². The lowest BCUT2D eigenvalue weighted by Crippen LogP contribution is -2.29. The maximum Gasteiger partial charge on any atom is 0.256 e. The molecule has 0 radical (unpaired) electrons. The van der Waals surface area contributed by atoms with Crippen LogP contribution in [0.15, 0.2) is 18.2 Å². The van der Waals surface area contributed by atoms with Crippen LogP contribution < -0.4 is 0 Å². The van der Waals surface area contributed by atoms with Crippen molar-refractivity contribution in [2.75, 3.05) is 13.1 Å². The monoisotopic (exact) mass is 255 g/mol.